The predicted octanol–water partition coefficient (Wildman–Crippen LogP) is 1.51. The molecule has 13 heavy (non-hydrogen) atoms. The van der Waals surface area contributed by atoms with E-state index in [1.807, 2.05) is 20.8 Å². The Balaban J connectivity index is 2.51. The number of carbonyl (C=O) groups excluding carboxylic acids is 2. The second-order valence-electron chi connectivity index (χ2n) is 4.85. The molecule has 3 heteroatoms. The van der Waals surface area contributed by atoms with E-state index in [1.165, 1.54) is 0 Å². The Bertz CT molecular complexity index is 293. The second-order valence-corrected chi connectivity index (χ2v) is 4.85. The van der Waals surface area contributed by atoms with Crippen molar-refractivity contribution in [2.75, 3.05) is 0 Å². The van der Waals surface area contributed by atoms with Gasteiger partial charge in [-0.05, 0) is 25.2 Å². The van der Waals surface area contributed by atoms with Gasteiger partial charge in [-0.25, -0.2) is 0 Å². The zero-order valence-corrected chi connectivity index (χ0v) is 8.22. The number of hydrogen-bond acceptors (Lipinski definition) is 3. The summed E-state index contributed by atoms with van der Waals surface area (Å²) in [5.41, 5.74) is -0.689. The molecule has 1 saturated heterocycles. The molecule has 0 aromatic rings. The summed E-state index contributed by atoms with van der Waals surface area (Å²) in [6, 6.07) is 0. The number of hydrogen-bond donors (Lipinski definition) is 0. The molecule has 1 saturated carbocycles. The Hall–Kier alpha value is -0.860. The average Bonchev–Trinajstić information content (AvgIpc) is 2.16. The first kappa shape index (κ1) is 8.73. The topological polar surface area (TPSA) is 43.4 Å². The highest BCUT2D eigenvalue weighted by Crippen LogP contribution is 2.59. The molecule has 1 unspecified atom stereocenters. The normalized spacial score (nSPS) is 41.9. The fraction of sp³-hybridized carbons (Fsp3) is 0.800. The van der Waals surface area contributed by atoms with E-state index in [0.717, 1.165) is 12.8 Å². The van der Waals surface area contributed by atoms with Crippen LogP contribution in [0.3, 0.4) is 0 Å². The van der Waals surface area contributed by atoms with Crippen LogP contribution in [0, 0.1) is 16.7 Å². The van der Waals surface area contributed by atoms with E-state index in [9.17, 15) is 9.59 Å². The number of cyclic esters (lactones) is 2. The molecular formula is C10H14O3. The molecule has 2 atom stereocenters. The van der Waals surface area contributed by atoms with Gasteiger partial charge in [-0.15, -0.1) is 0 Å². The zero-order valence-electron chi connectivity index (χ0n) is 8.22. The SMILES string of the molecule is CC1(C)C2CC[C@]1(C)C(=O)OC2=O. The van der Waals surface area contributed by atoms with Crippen LogP contribution < -0.4 is 0 Å². The minimum Gasteiger partial charge on any atom is -0.392 e. The monoisotopic (exact) mass is 182 g/mol. The molecule has 2 bridgehead atoms. The van der Waals surface area contributed by atoms with Gasteiger partial charge in [-0.1, -0.05) is 13.8 Å². The van der Waals surface area contributed by atoms with Crippen LogP contribution in [0.25, 0.3) is 0 Å². The van der Waals surface area contributed by atoms with Crippen molar-refractivity contribution < 1.29 is 14.3 Å². The van der Waals surface area contributed by atoms with Crippen molar-refractivity contribution in [3.63, 3.8) is 0 Å². The number of ether oxygens (including phenoxy) is 1. The van der Waals surface area contributed by atoms with Gasteiger partial charge in [0.25, 0.3) is 0 Å². The van der Waals surface area contributed by atoms with E-state index < -0.39 is 5.41 Å². The van der Waals surface area contributed by atoms with Crippen molar-refractivity contribution in [3.8, 4) is 0 Å². The number of carbonyl (C=O) groups is 2. The lowest BCUT2D eigenvalue weighted by molar-refractivity contribution is -0.185. The Kier molecular flexibility index (Phi) is 1.44. The third-order valence-electron chi connectivity index (χ3n) is 4.15. The van der Waals surface area contributed by atoms with Crippen LogP contribution in [0.4, 0.5) is 0 Å². The summed E-state index contributed by atoms with van der Waals surface area (Å²) < 4.78 is 4.73. The van der Waals surface area contributed by atoms with E-state index in [2.05, 4.69) is 0 Å². The molecule has 1 aliphatic carbocycles. The maximum atomic E-state index is 11.6. The third-order valence-corrected chi connectivity index (χ3v) is 4.15. The molecule has 2 rings (SSSR count). The minimum atomic E-state index is -0.453. The molecule has 3 nitrogen and oxygen atoms in total. The largest absolute Gasteiger partial charge is 0.392 e. The molecule has 2 fully saturated rings. The maximum Gasteiger partial charge on any atom is 0.320 e. The van der Waals surface area contributed by atoms with Crippen LogP contribution in [-0.2, 0) is 14.3 Å². The van der Waals surface area contributed by atoms with E-state index in [4.69, 9.17) is 4.74 Å². The van der Waals surface area contributed by atoms with Crippen LogP contribution in [0.1, 0.15) is 33.6 Å². The maximum absolute atomic E-state index is 11.6. The highest BCUT2D eigenvalue weighted by atomic mass is 16.6. The molecule has 0 aromatic heterocycles. The lowest BCUT2D eigenvalue weighted by Gasteiger charge is -2.41. The first-order chi connectivity index (χ1) is 5.89. The fourth-order valence-electron chi connectivity index (χ4n) is 2.55. The molecule has 0 aromatic carbocycles. The van der Waals surface area contributed by atoms with Crippen molar-refractivity contribution in [2.24, 2.45) is 16.7 Å². The van der Waals surface area contributed by atoms with E-state index >= 15 is 0 Å². The van der Waals surface area contributed by atoms with Crippen molar-refractivity contribution in [1.82, 2.24) is 0 Å². The summed E-state index contributed by atoms with van der Waals surface area (Å²) in [7, 11) is 0. The third kappa shape index (κ3) is 0.798. The fourth-order valence-corrected chi connectivity index (χ4v) is 2.55. The Morgan fingerprint density at radius 3 is 2.54 bits per heavy atom. The van der Waals surface area contributed by atoms with Crippen molar-refractivity contribution in [2.45, 2.75) is 33.6 Å². The lowest BCUT2D eigenvalue weighted by Crippen LogP contribution is -2.49. The standard InChI is InChI=1S/C10H14O3/c1-9(2)6-4-5-10(9,3)8(12)13-7(6)11/h6H,4-5H2,1-3H3/t6?,10-/m1/s1. The van der Waals surface area contributed by atoms with Crippen LogP contribution in [-0.4, -0.2) is 11.9 Å². The van der Waals surface area contributed by atoms with E-state index in [1.54, 1.807) is 0 Å². The zero-order chi connectivity index (χ0) is 9.85. The highest BCUT2D eigenvalue weighted by molar-refractivity contribution is 5.95. The van der Waals surface area contributed by atoms with Crippen molar-refractivity contribution >= 4 is 11.9 Å². The van der Waals surface area contributed by atoms with Gasteiger partial charge in [-0.2, -0.15) is 0 Å². The first-order valence-electron chi connectivity index (χ1n) is 4.66. The second kappa shape index (κ2) is 2.14. The smallest absolute Gasteiger partial charge is 0.320 e. The minimum absolute atomic E-state index is 0.0878. The molecule has 0 N–H and O–H groups in total. The molecular weight excluding hydrogens is 168 g/mol. The number of fused-ring (bicyclic) bond motifs is 2. The summed E-state index contributed by atoms with van der Waals surface area (Å²) in [5, 5.41) is 0. The van der Waals surface area contributed by atoms with Gasteiger partial charge in [-0.3, -0.25) is 9.59 Å². The first-order valence-corrected chi connectivity index (χ1v) is 4.66. The van der Waals surface area contributed by atoms with E-state index in [-0.39, 0.29) is 23.3 Å². The van der Waals surface area contributed by atoms with E-state index in [0.29, 0.717) is 0 Å². The van der Waals surface area contributed by atoms with Gasteiger partial charge in [0, 0.05) is 0 Å². The van der Waals surface area contributed by atoms with Gasteiger partial charge in [0.1, 0.15) is 0 Å². The summed E-state index contributed by atoms with van der Waals surface area (Å²) >= 11 is 0. The summed E-state index contributed by atoms with van der Waals surface area (Å²) in [4.78, 5) is 22.9. The molecule has 2 aliphatic rings. The summed E-state index contributed by atoms with van der Waals surface area (Å²) in [6.07, 6.45) is 1.56. The molecule has 0 amide bonds. The van der Waals surface area contributed by atoms with Crippen molar-refractivity contribution in [1.29, 1.82) is 0 Å². The van der Waals surface area contributed by atoms with Crippen molar-refractivity contribution in [3.05, 3.63) is 0 Å². The molecule has 72 valence electrons. The van der Waals surface area contributed by atoms with Crippen LogP contribution in [0.5, 0.6) is 0 Å². The lowest BCUT2D eigenvalue weighted by atomic mass is 9.64. The highest BCUT2D eigenvalue weighted by Gasteiger charge is 2.63. The van der Waals surface area contributed by atoms with Crippen LogP contribution in [0.2, 0.25) is 0 Å². The average molecular weight is 182 g/mol. The van der Waals surface area contributed by atoms with Crippen LogP contribution >= 0.6 is 0 Å². The van der Waals surface area contributed by atoms with Gasteiger partial charge in [0.15, 0.2) is 0 Å². The number of esters is 2. The van der Waals surface area contributed by atoms with Gasteiger partial charge in [0.05, 0.1) is 11.3 Å². The molecule has 0 radical (unpaired) electrons. The van der Waals surface area contributed by atoms with Gasteiger partial charge < -0.3 is 4.74 Å². The predicted molar refractivity (Wildman–Crippen MR) is 45.7 cm³/mol. The molecule has 1 heterocycles. The molecule has 1 aliphatic heterocycles. The summed E-state index contributed by atoms with van der Waals surface area (Å²) in [5.74, 6) is -0.753. The quantitative estimate of drug-likeness (QED) is 0.421. The Morgan fingerprint density at radius 1 is 1.31 bits per heavy atom. The van der Waals surface area contributed by atoms with Crippen LogP contribution in [0.15, 0.2) is 0 Å². The summed E-state index contributed by atoms with van der Waals surface area (Å²) in [6.45, 7) is 5.88. The Morgan fingerprint density at radius 2 is 1.92 bits per heavy atom. The molecule has 0 spiro atoms. The Labute approximate surface area is 77.4 Å². The van der Waals surface area contributed by atoms with Gasteiger partial charge >= 0.3 is 11.9 Å². The van der Waals surface area contributed by atoms with Gasteiger partial charge in [0.2, 0.25) is 0 Å². The number of rotatable bonds is 0.